The number of para-hydroxylation sites is 1. The van der Waals surface area contributed by atoms with Crippen LogP contribution < -0.4 is 5.73 Å². The number of aromatic nitrogens is 1. The molecule has 2 heterocycles. The van der Waals surface area contributed by atoms with Crippen LogP contribution in [0.2, 0.25) is 0 Å². The fourth-order valence-electron chi connectivity index (χ4n) is 3.96. The van der Waals surface area contributed by atoms with Crippen molar-refractivity contribution in [3.8, 4) is 0 Å². The lowest BCUT2D eigenvalue weighted by atomic mass is 9.78. The molecule has 1 aliphatic heterocycles. The molecule has 1 aromatic heterocycles. The van der Waals surface area contributed by atoms with Crippen LogP contribution in [0.4, 0.5) is 0 Å². The van der Waals surface area contributed by atoms with Crippen molar-refractivity contribution >= 4 is 27.5 Å². The van der Waals surface area contributed by atoms with Gasteiger partial charge in [0.25, 0.3) is 0 Å². The topological polar surface area (TPSA) is 59.2 Å². The zero-order chi connectivity index (χ0) is 18.9. The van der Waals surface area contributed by atoms with E-state index in [4.69, 9.17) is 10.7 Å². The van der Waals surface area contributed by atoms with Crippen LogP contribution in [0.25, 0.3) is 10.2 Å². The molecule has 0 aliphatic carbocycles. The highest BCUT2D eigenvalue weighted by Gasteiger charge is 2.41. The molecule has 0 saturated carbocycles. The Kier molecular flexibility index (Phi) is 4.98. The van der Waals surface area contributed by atoms with Crippen LogP contribution in [-0.4, -0.2) is 35.4 Å². The molecule has 4 nitrogen and oxygen atoms in total. The van der Waals surface area contributed by atoms with Crippen molar-refractivity contribution in [2.45, 2.75) is 25.2 Å². The molecule has 5 heteroatoms. The van der Waals surface area contributed by atoms with Crippen LogP contribution >= 0.6 is 11.3 Å². The number of carbonyl (C=O) groups excluding carboxylic acids is 1. The van der Waals surface area contributed by atoms with Gasteiger partial charge in [-0.2, -0.15) is 0 Å². The van der Waals surface area contributed by atoms with E-state index in [2.05, 4.69) is 25.1 Å². The summed E-state index contributed by atoms with van der Waals surface area (Å²) in [6.45, 7) is 4.26. The van der Waals surface area contributed by atoms with Crippen LogP contribution in [0.3, 0.4) is 0 Å². The van der Waals surface area contributed by atoms with Crippen molar-refractivity contribution in [3.05, 3.63) is 65.2 Å². The average Bonchev–Trinajstić information content (AvgIpc) is 3.34. The van der Waals surface area contributed by atoms with E-state index >= 15 is 0 Å². The monoisotopic (exact) mass is 379 g/mol. The first-order valence-corrected chi connectivity index (χ1v) is 10.3. The molecule has 1 fully saturated rings. The molecule has 1 amide bonds. The maximum Gasteiger partial charge on any atom is 0.233 e. The highest BCUT2D eigenvalue weighted by Crippen LogP contribution is 2.35. The van der Waals surface area contributed by atoms with Gasteiger partial charge in [0, 0.05) is 19.5 Å². The van der Waals surface area contributed by atoms with Gasteiger partial charge in [0.1, 0.15) is 0 Å². The average molecular weight is 380 g/mol. The summed E-state index contributed by atoms with van der Waals surface area (Å²) in [4.78, 5) is 20.4. The summed E-state index contributed by atoms with van der Waals surface area (Å²) in [5.41, 5.74) is 7.26. The summed E-state index contributed by atoms with van der Waals surface area (Å²) in [5, 5.41) is 1.01. The third-order valence-corrected chi connectivity index (χ3v) is 6.67. The lowest BCUT2D eigenvalue weighted by molar-refractivity contribution is -0.136. The Hall–Kier alpha value is -2.24. The van der Waals surface area contributed by atoms with Gasteiger partial charge in [-0.3, -0.25) is 4.79 Å². The Balaban J connectivity index is 1.69. The van der Waals surface area contributed by atoms with Crippen LogP contribution in [-0.2, 0) is 16.6 Å². The number of carbonyl (C=O) groups is 1. The van der Waals surface area contributed by atoms with E-state index in [0.717, 1.165) is 35.6 Å². The molecule has 3 aromatic rings. The fourth-order valence-corrected chi connectivity index (χ4v) is 5.09. The molecule has 4 rings (SSSR count). The molecule has 2 N–H and O–H groups in total. The van der Waals surface area contributed by atoms with E-state index in [0.29, 0.717) is 18.9 Å². The predicted molar refractivity (Wildman–Crippen MR) is 111 cm³/mol. The fraction of sp³-hybridized carbons (Fsp3) is 0.364. The maximum absolute atomic E-state index is 13.6. The van der Waals surface area contributed by atoms with Crippen LogP contribution in [0.15, 0.2) is 54.6 Å². The van der Waals surface area contributed by atoms with Crippen molar-refractivity contribution < 1.29 is 4.79 Å². The first-order valence-electron chi connectivity index (χ1n) is 9.49. The van der Waals surface area contributed by atoms with Crippen molar-refractivity contribution in [2.24, 2.45) is 11.7 Å². The number of hydrogen-bond donors (Lipinski definition) is 1. The summed E-state index contributed by atoms with van der Waals surface area (Å²) in [7, 11) is 0. The Bertz CT molecular complexity index is 906. The maximum atomic E-state index is 13.6. The van der Waals surface area contributed by atoms with E-state index in [1.807, 2.05) is 41.3 Å². The molecule has 1 saturated heterocycles. The minimum absolute atomic E-state index is 0.184. The molecule has 27 heavy (non-hydrogen) atoms. The largest absolute Gasteiger partial charge is 0.342 e. The zero-order valence-corrected chi connectivity index (χ0v) is 16.4. The van der Waals surface area contributed by atoms with Gasteiger partial charge < -0.3 is 10.6 Å². The highest BCUT2D eigenvalue weighted by molar-refractivity contribution is 7.18. The Morgan fingerprint density at radius 1 is 1.22 bits per heavy atom. The lowest BCUT2D eigenvalue weighted by Gasteiger charge is -2.33. The van der Waals surface area contributed by atoms with Crippen LogP contribution in [0.5, 0.6) is 0 Å². The van der Waals surface area contributed by atoms with E-state index in [1.54, 1.807) is 11.3 Å². The van der Waals surface area contributed by atoms with Gasteiger partial charge in [-0.1, -0.05) is 42.5 Å². The molecule has 2 aromatic carbocycles. The number of rotatable bonds is 5. The summed E-state index contributed by atoms with van der Waals surface area (Å²) in [6, 6.07) is 18.3. The second-order valence-electron chi connectivity index (χ2n) is 7.59. The second kappa shape index (κ2) is 7.41. The molecular formula is C22H25N3OS. The molecular weight excluding hydrogens is 354 g/mol. The smallest absolute Gasteiger partial charge is 0.233 e. The Morgan fingerprint density at radius 2 is 1.96 bits per heavy atom. The number of nitrogens with two attached hydrogens (primary N) is 1. The van der Waals surface area contributed by atoms with Gasteiger partial charge in [-0.25, -0.2) is 4.98 Å². The van der Waals surface area contributed by atoms with E-state index in [-0.39, 0.29) is 5.91 Å². The number of benzene rings is 2. The van der Waals surface area contributed by atoms with Crippen LogP contribution in [0.1, 0.15) is 23.9 Å². The van der Waals surface area contributed by atoms with Crippen molar-refractivity contribution in [1.29, 1.82) is 0 Å². The van der Waals surface area contributed by atoms with E-state index < -0.39 is 5.41 Å². The minimum Gasteiger partial charge on any atom is -0.342 e. The quantitative estimate of drug-likeness (QED) is 0.737. The van der Waals surface area contributed by atoms with Crippen molar-refractivity contribution in [1.82, 2.24) is 9.88 Å². The molecule has 0 spiro atoms. The second-order valence-corrected chi connectivity index (χ2v) is 8.71. The number of hydrogen-bond acceptors (Lipinski definition) is 4. The van der Waals surface area contributed by atoms with Crippen molar-refractivity contribution in [2.75, 3.05) is 19.6 Å². The van der Waals surface area contributed by atoms with Crippen molar-refractivity contribution in [3.63, 3.8) is 0 Å². The van der Waals surface area contributed by atoms with Gasteiger partial charge in [-0.15, -0.1) is 11.3 Å². The summed E-state index contributed by atoms with van der Waals surface area (Å²) in [6.07, 6.45) is 1.60. The normalized spacial score (nSPS) is 19.3. The Morgan fingerprint density at radius 3 is 2.67 bits per heavy atom. The number of nitrogens with zero attached hydrogens (tertiary/aromatic N) is 2. The first kappa shape index (κ1) is 18.1. The van der Waals surface area contributed by atoms with Gasteiger partial charge in [0.15, 0.2) is 0 Å². The highest BCUT2D eigenvalue weighted by atomic mass is 32.1. The summed E-state index contributed by atoms with van der Waals surface area (Å²) >= 11 is 1.68. The molecule has 2 atom stereocenters. The van der Waals surface area contributed by atoms with Gasteiger partial charge in [-0.05, 0) is 43.5 Å². The van der Waals surface area contributed by atoms with Crippen LogP contribution in [0, 0.1) is 5.92 Å². The SMILES string of the molecule is CC(Cc1nc2ccccc2s1)(C(=O)N1CCC(CN)C1)c1ccccc1. The number of fused-ring (bicyclic) bond motifs is 1. The van der Waals surface area contributed by atoms with Gasteiger partial charge in [0.2, 0.25) is 5.91 Å². The summed E-state index contributed by atoms with van der Waals surface area (Å²) < 4.78 is 1.17. The molecule has 0 bridgehead atoms. The van der Waals surface area contributed by atoms with Gasteiger partial charge >= 0.3 is 0 Å². The molecule has 1 aliphatic rings. The zero-order valence-electron chi connectivity index (χ0n) is 15.6. The van der Waals surface area contributed by atoms with E-state index in [1.165, 1.54) is 4.70 Å². The third kappa shape index (κ3) is 3.49. The number of amides is 1. The molecule has 2 unspecified atom stereocenters. The third-order valence-electron chi connectivity index (χ3n) is 5.63. The standard InChI is InChI=1S/C22H25N3OS/c1-22(17-7-3-2-4-8-17,21(26)25-12-11-16(14-23)15-25)13-20-24-18-9-5-6-10-19(18)27-20/h2-10,16H,11-15,23H2,1H3. The predicted octanol–water partition coefficient (Wildman–Crippen LogP) is 3.60. The number of thiazole rings is 1. The van der Waals surface area contributed by atoms with E-state index in [9.17, 15) is 4.79 Å². The molecule has 140 valence electrons. The summed E-state index contributed by atoms with van der Waals surface area (Å²) in [5.74, 6) is 0.598. The molecule has 0 radical (unpaired) electrons. The Labute approximate surface area is 164 Å². The number of likely N-dealkylation sites (tertiary alicyclic amines) is 1. The first-order chi connectivity index (χ1) is 13.1. The lowest BCUT2D eigenvalue weighted by Crippen LogP contribution is -2.45. The minimum atomic E-state index is -0.626. The van der Waals surface area contributed by atoms with Gasteiger partial charge in [0.05, 0.1) is 20.6 Å².